The van der Waals surface area contributed by atoms with E-state index >= 15 is 0 Å². The minimum atomic E-state index is -0.186. The van der Waals surface area contributed by atoms with E-state index < -0.39 is 0 Å². The van der Waals surface area contributed by atoms with Crippen molar-refractivity contribution in [2.75, 3.05) is 0 Å². The highest BCUT2D eigenvalue weighted by atomic mass is 35.5. The van der Waals surface area contributed by atoms with Crippen molar-refractivity contribution in [2.45, 2.75) is 20.3 Å². The number of halogens is 1. The van der Waals surface area contributed by atoms with Crippen LogP contribution in [0.25, 0.3) is 10.2 Å². The van der Waals surface area contributed by atoms with Crippen LogP contribution in [0.4, 0.5) is 0 Å². The van der Waals surface area contributed by atoms with Crippen LogP contribution >= 0.6 is 22.9 Å². The number of carbonyl (C=O) groups excluding carboxylic acids is 1. The average Bonchev–Trinajstić information content (AvgIpc) is 2.78. The van der Waals surface area contributed by atoms with Crippen molar-refractivity contribution in [3.8, 4) is 0 Å². The molecule has 0 fully saturated rings. The molecule has 0 bridgehead atoms. The number of benzene rings is 2. The Morgan fingerprint density at radius 1 is 1.22 bits per heavy atom. The number of hydrogen-bond acceptors (Lipinski definition) is 2. The molecule has 0 unspecified atom stereocenters. The summed E-state index contributed by atoms with van der Waals surface area (Å²) < 4.78 is 3.11. The maximum Gasteiger partial charge on any atom is 0.252 e. The molecular weight excluding hydrogens is 328 g/mol. The molecule has 0 spiro atoms. The van der Waals surface area contributed by atoms with Crippen LogP contribution in [0.15, 0.2) is 41.4 Å². The zero-order valence-corrected chi connectivity index (χ0v) is 14.8. The number of rotatable bonds is 2. The highest BCUT2D eigenvalue weighted by molar-refractivity contribution is 7.16. The van der Waals surface area contributed by atoms with Gasteiger partial charge in [0.15, 0.2) is 4.80 Å². The zero-order chi connectivity index (χ0) is 16.6. The van der Waals surface area contributed by atoms with Gasteiger partial charge in [0.2, 0.25) is 0 Å². The minimum Gasteiger partial charge on any atom is -0.319 e. The van der Waals surface area contributed by atoms with E-state index in [1.54, 1.807) is 6.07 Å². The summed E-state index contributed by atoms with van der Waals surface area (Å²) in [5, 5.41) is 0.600. The summed E-state index contributed by atoms with van der Waals surface area (Å²) in [6.45, 7) is 4.18. The molecule has 0 saturated heterocycles. The van der Waals surface area contributed by atoms with Gasteiger partial charge in [0, 0.05) is 12.1 Å². The Labute approximate surface area is 143 Å². The second-order valence-corrected chi connectivity index (χ2v) is 7.04. The number of carbonyl (C=O) groups is 1. The molecule has 23 heavy (non-hydrogen) atoms. The molecule has 5 heteroatoms. The Hall–Kier alpha value is -1.91. The monoisotopic (exact) mass is 344 g/mol. The molecule has 0 atom stereocenters. The Bertz CT molecular complexity index is 969. The highest BCUT2D eigenvalue weighted by Crippen LogP contribution is 2.21. The molecule has 3 rings (SSSR count). The summed E-state index contributed by atoms with van der Waals surface area (Å²) in [4.78, 5) is 17.3. The Kier molecular flexibility index (Phi) is 4.37. The van der Waals surface area contributed by atoms with Gasteiger partial charge in [-0.15, -0.1) is 0 Å². The van der Waals surface area contributed by atoms with Gasteiger partial charge in [-0.05, 0) is 48.7 Å². The normalized spacial score (nSPS) is 12.1. The SMILES string of the molecule is Cc1cc2sc(=NC(=O)Cc3ccccc3Cl)n(C)c2cc1C. The van der Waals surface area contributed by atoms with Gasteiger partial charge in [0.05, 0.1) is 16.6 Å². The van der Waals surface area contributed by atoms with Gasteiger partial charge in [-0.25, -0.2) is 0 Å². The first kappa shape index (κ1) is 16.0. The van der Waals surface area contributed by atoms with Crippen molar-refractivity contribution in [2.24, 2.45) is 12.0 Å². The standard InChI is InChI=1S/C18H17ClN2OS/c1-11-8-15-16(9-12(11)2)23-18(21(15)3)20-17(22)10-13-6-4-5-7-14(13)19/h4-9H,10H2,1-3H3. The fraction of sp³-hybridized carbons (Fsp3) is 0.222. The van der Waals surface area contributed by atoms with E-state index in [1.807, 2.05) is 29.8 Å². The lowest BCUT2D eigenvalue weighted by Gasteiger charge is -2.01. The molecule has 0 saturated carbocycles. The molecule has 118 valence electrons. The summed E-state index contributed by atoms with van der Waals surface area (Å²) in [5.74, 6) is -0.186. The van der Waals surface area contributed by atoms with Gasteiger partial charge in [0.1, 0.15) is 0 Å². The lowest BCUT2D eigenvalue weighted by Crippen LogP contribution is -2.14. The summed E-state index contributed by atoms with van der Waals surface area (Å²) in [6.07, 6.45) is 0.214. The van der Waals surface area contributed by atoms with Crippen molar-refractivity contribution in [1.29, 1.82) is 0 Å². The Balaban J connectivity index is 1.99. The first-order chi connectivity index (χ1) is 11.0. The predicted octanol–water partition coefficient (Wildman–Crippen LogP) is 4.18. The van der Waals surface area contributed by atoms with E-state index in [4.69, 9.17) is 11.6 Å². The van der Waals surface area contributed by atoms with Gasteiger partial charge >= 0.3 is 0 Å². The number of aryl methyl sites for hydroxylation is 3. The smallest absolute Gasteiger partial charge is 0.252 e. The van der Waals surface area contributed by atoms with Crippen LogP contribution in [0, 0.1) is 13.8 Å². The van der Waals surface area contributed by atoms with Crippen LogP contribution in [0.1, 0.15) is 16.7 Å². The summed E-state index contributed by atoms with van der Waals surface area (Å²) in [5.41, 5.74) is 4.38. The van der Waals surface area contributed by atoms with Crippen LogP contribution in [-0.4, -0.2) is 10.5 Å². The Morgan fingerprint density at radius 2 is 1.91 bits per heavy atom. The quantitative estimate of drug-likeness (QED) is 0.686. The van der Waals surface area contributed by atoms with E-state index in [0.29, 0.717) is 9.82 Å². The van der Waals surface area contributed by atoms with E-state index in [-0.39, 0.29) is 12.3 Å². The second-order valence-electron chi connectivity index (χ2n) is 5.62. The van der Waals surface area contributed by atoms with Gasteiger partial charge in [-0.3, -0.25) is 4.79 Å². The number of fused-ring (bicyclic) bond motifs is 1. The minimum absolute atomic E-state index is 0.186. The number of nitrogens with zero attached hydrogens (tertiary/aromatic N) is 2. The van der Waals surface area contributed by atoms with Crippen molar-refractivity contribution >= 4 is 39.1 Å². The number of hydrogen-bond donors (Lipinski definition) is 0. The van der Waals surface area contributed by atoms with E-state index in [2.05, 4.69) is 31.0 Å². The van der Waals surface area contributed by atoms with Gasteiger partial charge in [-0.2, -0.15) is 4.99 Å². The molecule has 0 aliphatic heterocycles. The van der Waals surface area contributed by atoms with Gasteiger partial charge < -0.3 is 4.57 Å². The van der Waals surface area contributed by atoms with Crippen LogP contribution in [-0.2, 0) is 18.3 Å². The first-order valence-electron chi connectivity index (χ1n) is 7.33. The van der Waals surface area contributed by atoms with Crippen molar-refractivity contribution in [3.05, 3.63) is 62.9 Å². The van der Waals surface area contributed by atoms with E-state index in [0.717, 1.165) is 15.8 Å². The molecule has 1 aromatic heterocycles. The van der Waals surface area contributed by atoms with Crippen LogP contribution in [0.3, 0.4) is 0 Å². The fourth-order valence-corrected chi connectivity index (χ4v) is 3.75. The largest absolute Gasteiger partial charge is 0.319 e. The third-order valence-electron chi connectivity index (χ3n) is 3.94. The number of thiazole rings is 1. The maximum atomic E-state index is 12.3. The van der Waals surface area contributed by atoms with Crippen LogP contribution < -0.4 is 4.80 Å². The first-order valence-corrected chi connectivity index (χ1v) is 8.53. The number of amides is 1. The molecule has 0 aliphatic rings. The highest BCUT2D eigenvalue weighted by Gasteiger charge is 2.09. The summed E-state index contributed by atoms with van der Waals surface area (Å²) in [7, 11) is 1.94. The van der Waals surface area contributed by atoms with Crippen molar-refractivity contribution in [1.82, 2.24) is 4.57 Å². The van der Waals surface area contributed by atoms with E-state index in [1.165, 1.54) is 22.5 Å². The molecular formula is C18H17ClN2OS. The number of aromatic nitrogens is 1. The molecule has 0 aliphatic carbocycles. The van der Waals surface area contributed by atoms with Gasteiger partial charge in [-0.1, -0.05) is 41.1 Å². The molecule has 3 aromatic rings. The fourth-order valence-electron chi connectivity index (χ4n) is 2.44. The van der Waals surface area contributed by atoms with Crippen LogP contribution in [0.2, 0.25) is 5.02 Å². The van der Waals surface area contributed by atoms with Gasteiger partial charge in [0.25, 0.3) is 5.91 Å². The van der Waals surface area contributed by atoms with Crippen molar-refractivity contribution < 1.29 is 4.79 Å². The zero-order valence-electron chi connectivity index (χ0n) is 13.3. The molecule has 2 aromatic carbocycles. The second kappa shape index (κ2) is 6.30. The topological polar surface area (TPSA) is 34.4 Å². The molecule has 0 N–H and O–H groups in total. The molecule has 1 amide bonds. The predicted molar refractivity (Wildman–Crippen MR) is 96.0 cm³/mol. The average molecular weight is 345 g/mol. The Morgan fingerprint density at radius 3 is 2.65 bits per heavy atom. The lowest BCUT2D eigenvalue weighted by atomic mass is 10.1. The van der Waals surface area contributed by atoms with Crippen molar-refractivity contribution in [3.63, 3.8) is 0 Å². The lowest BCUT2D eigenvalue weighted by molar-refractivity contribution is -0.117. The summed E-state index contributed by atoms with van der Waals surface area (Å²) >= 11 is 7.64. The molecule has 3 nitrogen and oxygen atoms in total. The third-order valence-corrected chi connectivity index (χ3v) is 5.41. The van der Waals surface area contributed by atoms with E-state index in [9.17, 15) is 4.79 Å². The third kappa shape index (κ3) is 3.23. The molecule has 1 heterocycles. The maximum absolute atomic E-state index is 12.3. The molecule has 0 radical (unpaired) electrons. The van der Waals surface area contributed by atoms with Crippen LogP contribution in [0.5, 0.6) is 0 Å². The summed E-state index contributed by atoms with van der Waals surface area (Å²) in [6, 6.07) is 11.7.